The van der Waals surface area contributed by atoms with Gasteiger partial charge in [-0.3, -0.25) is 0 Å². The molecule has 0 N–H and O–H groups in total. The van der Waals surface area contributed by atoms with E-state index in [1.807, 2.05) is 6.07 Å². The smallest absolute Gasteiger partial charge is 0.225 e. The number of aromatic nitrogens is 2. The van der Waals surface area contributed by atoms with Gasteiger partial charge in [-0.25, -0.2) is 4.98 Å². The third-order valence-electron chi connectivity index (χ3n) is 5.96. The zero-order valence-electron chi connectivity index (χ0n) is 17.3. The number of nitrogens with zero attached hydrogens (tertiary/aromatic N) is 3. The molecule has 0 spiro atoms. The summed E-state index contributed by atoms with van der Waals surface area (Å²) in [7, 11) is 0. The average molecular weight is 434 g/mol. The molecule has 0 aliphatic heterocycles. The summed E-state index contributed by atoms with van der Waals surface area (Å²) in [6.07, 6.45) is 4.94. The molecule has 3 nitrogen and oxygen atoms in total. The highest BCUT2D eigenvalue weighted by Gasteiger charge is 2.23. The maximum atomic E-state index is 6.37. The summed E-state index contributed by atoms with van der Waals surface area (Å²) >= 11 is 8.07. The van der Waals surface area contributed by atoms with Crippen LogP contribution in [0.1, 0.15) is 35.8 Å². The standard InChI is InChI=1S/C25H24ClN3S/c1-3-29(20-11-5-4-6-12-20)23-22-21(16(2)30-24(22)28-25(26)27-23)19-14-13-17-9-7-8-10-18(17)15-19/h4-6,11-15H,3,7-10H2,1-2H3. The van der Waals surface area contributed by atoms with Crippen LogP contribution in [-0.4, -0.2) is 16.5 Å². The minimum atomic E-state index is 0.296. The Bertz CT molecular complexity index is 1220. The fraction of sp³-hybridized carbons (Fsp3) is 0.280. The summed E-state index contributed by atoms with van der Waals surface area (Å²) in [4.78, 5) is 13.7. The van der Waals surface area contributed by atoms with E-state index in [1.165, 1.54) is 52.8 Å². The number of para-hydroxylation sites is 1. The fourth-order valence-electron chi connectivity index (χ4n) is 4.56. The van der Waals surface area contributed by atoms with Crippen LogP contribution < -0.4 is 4.90 Å². The molecule has 0 amide bonds. The van der Waals surface area contributed by atoms with Crippen LogP contribution in [0.15, 0.2) is 48.5 Å². The van der Waals surface area contributed by atoms with Gasteiger partial charge in [0.05, 0.1) is 5.39 Å². The lowest BCUT2D eigenvalue weighted by atomic mass is 9.89. The van der Waals surface area contributed by atoms with Crippen LogP contribution in [0, 0.1) is 6.92 Å². The van der Waals surface area contributed by atoms with Gasteiger partial charge in [0.25, 0.3) is 0 Å². The van der Waals surface area contributed by atoms with Crippen molar-refractivity contribution in [2.24, 2.45) is 0 Å². The second-order valence-electron chi connectivity index (χ2n) is 7.80. The zero-order valence-corrected chi connectivity index (χ0v) is 18.9. The number of halogens is 1. The molecule has 5 heteroatoms. The highest BCUT2D eigenvalue weighted by Crippen LogP contribution is 2.44. The van der Waals surface area contributed by atoms with E-state index >= 15 is 0 Å². The van der Waals surface area contributed by atoms with Gasteiger partial charge in [-0.1, -0.05) is 36.4 Å². The van der Waals surface area contributed by atoms with Crippen LogP contribution in [0.25, 0.3) is 21.3 Å². The Balaban J connectivity index is 1.75. The maximum absolute atomic E-state index is 6.37. The number of rotatable bonds is 4. The Morgan fingerprint density at radius 3 is 2.53 bits per heavy atom. The number of fused-ring (bicyclic) bond motifs is 2. The van der Waals surface area contributed by atoms with E-state index in [0.29, 0.717) is 5.28 Å². The molecule has 30 heavy (non-hydrogen) atoms. The number of hydrogen-bond donors (Lipinski definition) is 0. The molecule has 0 radical (unpaired) electrons. The summed E-state index contributed by atoms with van der Waals surface area (Å²) in [6, 6.07) is 17.4. The number of thiophene rings is 1. The van der Waals surface area contributed by atoms with Crippen LogP contribution in [0.4, 0.5) is 11.5 Å². The number of benzene rings is 2. The Labute approximate surface area is 186 Å². The summed E-state index contributed by atoms with van der Waals surface area (Å²) in [6.45, 7) is 5.12. The molecular weight excluding hydrogens is 410 g/mol. The zero-order chi connectivity index (χ0) is 20.7. The minimum absolute atomic E-state index is 0.296. The van der Waals surface area contributed by atoms with Gasteiger partial charge in [-0.15, -0.1) is 11.3 Å². The molecule has 0 atom stereocenters. The topological polar surface area (TPSA) is 29.0 Å². The SMILES string of the molecule is CCN(c1ccccc1)c1nc(Cl)nc2sc(C)c(-c3ccc4c(c3)CCCC4)c12. The molecule has 4 aromatic rings. The third-order valence-corrected chi connectivity index (χ3v) is 7.13. The van der Waals surface area contributed by atoms with Crippen LogP contribution in [0.5, 0.6) is 0 Å². The number of aryl methyl sites for hydroxylation is 3. The van der Waals surface area contributed by atoms with Crippen LogP contribution >= 0.6 is 22.9 Å². The number of hydrogen-bond acceptors (Lipinski definition) is 4. The summed E-state index contributed by atoms with van der Waals surface area (Å²) in [5, 5.41) is 1.40. The van der Waals surface area contributed by atoms with E-state index < -0.39 is 0 Å². The predicted octanol–water partition coefficient (Wildman–Crippen LogP) is 7.36. The lowest BCUT2D eigenvalue weighted by Crippen LogP contribution is -2.18. The van der Waals surface area contributed by atoms with Crippen LogP contribution in [0.3, 0.4) is 0 Å². The van der Waals surface area contributed by atoms with Crippen molar-refractivity contribution >= 4 is 44.7 Å². The van der Waals surface area contributed by atoms with Gasteiger partial charge < -0.3 is 4.90 Å². The van der Waals surface area contributed by atoms with Gasteiger partial charge in [0.15, 0.2) is 0 Å². The van der Waals surface area contributed by atoms with Gasteiger partial charge >= 0.3 is 0 Å². The van der Waals surface area contributed by atoms with Gasteiger partial charge in [-0.2, -0.15) is 4.98 Å². The van der Waals surface area contributed by atoms with Crippen molar-refractivity contribution in [1.29, 1.82) is 0 Å². The molecule has 0 unspecified atom stereocenters. The van der Waals surface area contributed by atoms with E-state index in [4.69, 9.17) is 16.6 Å². The Kier molecular flexibility index (Phi) is 5.21. The van der Waals surface area contributed by atoms with E-state index in [-0.39, 0.29) is 0 Å². The molecule has 0 fully saturated rings. The summed E-state index contributed by atoms with van der Waals surface area (Å²) in [5.74, 6) is 0.885. The van der Waals surface area contributed by atoms with Crippen LogP contribution in [0.2, 0.25) is 5.28 Å². The van der Waals surface area contributed by atoms with Crippen molar-refractivity contribution < 1.29 is 0 Å². The normalized spacial score (nSPS) is 13.4. The van der Waals surface area contributed by atoms with Crippen molar-refractivity contribution in [2.45, 2.75) is 39.5 Å². The highest BCUT2D eigenvalue weighted by molar-refractivity contribution is 7.19. The van der Waals surface area contributed by atoms with Crippen molar-refractivity contribution in [2.75, 3.05) is 11.4 Å². The second kappa shape index (κ2) is 8.01. The first-order chi connectivity index (χ1) is 14.7. The third kappa shape index (κ3) is 3.38. The molecule has 2 aromatic heterocycles. The molecule has 0 saturated heterocycles. The van der Waals surface area contributed by atoms with E-state index in [2.05, 4.69) is 66.2 Å². The predicted molar refractivity (Wildman–Crippen MR) is 128 cm³/mol. The van der Waals surface area contributed by atoms with Crippen molar-refractivity contribution in [3.8, 4) is 11.1 Å². The Morgan fingerprint density at radius 1 is 1.00 bits per heavy atom. The summed E-state index contributed by atoms with van der Waals surface area (Å²) in [5.41, 5.74) is 6.60. The molecule has 1 aliphatic rings. The van der Waals surface area contributed by atoms with Crippen molar-refractivity contribution in [3.63, 3.8) is 0 Å². The second-order valence-corrected chi connectivity index (χ2v) is 9.34. The van der Waals surface area contributed by atoms with E-state index in [9.17, 15) is 0 Å². The van der Waals surface area contributed by atoms with Crippen molar-refractivity contribution in [1.82, 2.24) is 9.97 Å². The van der Waals surface area contributed by atoms with Crippen molar-refractivity contribution in [3.05, 3.63) is 69.8 Å². The Morgan fingerprint density at radius 2 is 1.77 bits per heavy atom. The van der Waals surface area contributed by atoms with Gasteiger partial charge in [-0.05, 0) is 80.0 Å². The van der Waals surface area contributed by atoms with E-state index in [0.717, 1.165) is 28.3 Å². The lowest BCUT2D eigenvalue weighted by Gasteiger charge is -2.23. The first kappa shape index (κ1) is 19.5. The Hall–Kier alpha value is -2.43. The monoisotopic (exact) mass is 433 g/mol. The molecule has 5 rings (SSSR count). The minimum Gasteiger partial charge on any atom is -0.326 e. The number of anilines is 2. The molecule has 2 heterocycles. The van der Waals surface area contributed by atoms with Crippen LogP contribution in [-0.2, 0) is 12.8 Å². The van der Waals surface area contributed by atoms with Gasteiger partial charge in [0.2, 0.25) is 5.28 Å². The van der Waals surface area contributed by atoms with Gasteiger partial charge in [0.1, 0.15) is 10.6 Å². The highest BCUT2D eigenvalue weighted by atomic mass is 35.5. The van der Waals surface area contributed by atoms with E-state index in [1.54, 1.807) is 11.3 Å². The largest absolute Gasteiger partial charge is 0.326 e. The average Bonchev–Trinajstić information content (AvgIpc) is 3.10. The van der Waals surface area contributed by atoms with Gasteiger partial charge in [0, 0.05) is 22.7 Å². The lowest BCUT2D eigenvalue weighted by molar-refractivity contribution is 0.686. The fourth-order valence-corrected chi connectivity index (χ4v) is 5.82. The maximum Gasteiger partial charge on any atom is 0.225 e. The molecular formula is C25H24ClN3S. The first-order valence-electron chi connectivity index (χ1n) is 10.6. The molecule has 0 bridgehead atoms. The molecule has 0 saturated carbocycles. The quantitative estimate of drug-likeness (QED) is 0.315. The molecule has 152 valence electrons. The molecule has 1 aliphatic carbocycles. The summed E-state index contributed by atoms with van der Waals surface area (Å²) < 4.78 is 0. The molecule has 2 aromatic carbocycles. The first-order valence-corrected chi connectivity index (χ1v) is 11.8.